The van der Waals surface area contributed by atoms with Crippen molar-refractivity contribution in [3.8, 4) is 0 Å². The summed E-state index contributed by atoms with van der Waals surface area (Å²) < 4.78 is 20.9. The van der Waals surface area contributed by atoms with Crippen LogP contribution in [-0.4, -0.2) is 68.6 Å². The number of hydrogen-bond acceptors (Lipinski definition) is 6. The molecule has 0 spiro atoms. The van der Waals surface area contributed by atoms with Crippen molar-refractivity contribution in [2.24, 2.45) is 4.99 Å². The van der Waals surface area contributed by atoms with Crippen molar-refractivity contribution in [1.82, 2.24) is 14.5 Å². The second kappa shape index (κ2) is 10.7. The van der Waals surface area contributed by atoms with E-state index < -0.39 is 20.2 Å². The first kappa shape index (κ1) is 26.2. The average molecular weight is 563 g/mol. The summed E-state index contributed by atoms with van der Waals surface area (Å²) in [5.41, 5.74) is -0.398. The summed E-state index contributed by atoms with van der Waals surface area (Å²) in [5.74, 6) is 0.394. The van der Waals surface area contributed by atoms with Crippen LogP contribution in [0.2, 0.25) is 18.1 Å². The summed E-state index contributed by atoms with van der Waals surface area (Å²) in [4.78, 5) is 22.9. The Hall–Kier alpha value is -1.08. The van der Waals surface area contributed by atoms with Gasteiger partial charge in [-0.25, -0.2) is 9.79 Å². The molecule has 2 heterocycles. The molecule has 3 atom stereocenters. The summed E-state index contributed by atoms with van der Waals surface area (Å²) in [5, 5.41) is 0.0996. The predicted octanol–water partition coefficient (Wildman–Crippen LogP) is 3.95. The van der Waals surface area contributed by atoms with E-state index in [0.717, 1.165) is 3.57 Å². The topological polar surface area (TPSA) is 78.2 Å². The van der Waals surface area contributed by atoms with Gasteiger partial charge in [-0.2, -0.15) is 4.98 Å². The molecule has 0 bridgehead atoms. The van der Waals surface area contributed by atoms with E-state index in [4.69, 9.17) is 13.9 Å². The van der Waals surface area contributed by atoms with E-state index in [2.05, 4.69) is 73.0 Å². The van der Waals surface area contributed by atoms with Gasteiger partial charge in [0.05, 0.1) is 29.2 Å². The third kappa shape index (κ3) is 6.95. The largest absolute Gasteiger partial charge is 0.414 e. The van der Waals surface area contributed by atoms with Crippen molar-refractivity contribution < 1.29 is 13.9 Å². The van der Waals surface area contributed by atoms with Crippen LogP contribution in [0.4, 0.5) is 5.82 Å². The number of aliphatic imine (C=N–C) groups is 1. The Morgan fingerprint density at radius 2 is 2.13 bits per heavy atom. The monoisotopic (exact) mass is 562 g/mol. The fourth-order valence-electron chi connectivity index (χ4n) is 2.80. The summed E-state index contributed by atoms with van der Waals surface area (Å²) in [6.07, 6.45) is 4.69. The summed E-state index contributed by atoms with van der Waals surface area (Å²) in [6, 6.07) is 0. The van der Waals surface area contributed by atoms with E-state index in [1.807, 2.05) is 14.1 Å². The number of ether oxygens (including phenoxy) is 2. The first-order valence-corrected chi connectivity index (χ1v) is 14.4. The highest BCUT2D eigenvalue weighted by atomic mass is 127. The first-order valence-electron chi connectivity index (χ1n) is 10.4. The lowest BCUT2D eigenvalue weighted by molar-refractivity contribution is -0.0556. The number of hydrogen-bond donors (Lipinski definition) is 0. The minimum absolute atomic E-state index is 0.0996. The molecule has 1 aliphatic heterocycles. The third-order valence-corrected chi connectivity index (χ3v) is 10.9. The van der Waals surface area contributed by atoms with E-state index in [0.29, 0.717) is 25.5 Å². The quantitative estimate of drug-likeness (QED) is 0.149. The SMILES string of the molecule is C=CCOC1C[C@H](n2cc(I)c(N=CN(C)C)nc2=O)O[C@@H]1CO[Si](C)(C)C(C)(C)C. The molecule has 1 fully saturated rings. The van der Waals surface area contributed by atoms with Gasteiger partial charge >= 0.3 is 5.69 Å². The van der Waals surface area contributed by atoms with Gasteiger partial charge in [0.2, 0.25) is 0 Å². The molecule has 0 N–H and O–H groups in total. The number of aromatic nitrogens is 2. The standard InChI is InChI=1S/C21H35IN4O4Si/c1-9-10-28-16-11-18(30-17(16)13-29-31(7,8)21(2,3)4)26-12-15(22)19(24-20(26)27)23-14-25(5)6/h9,12,14,16-18H,1,10-11,13H2,2-8H3/t16?,17-,18-/m1/s1. The Morgan fingerprint density at radius 3 is 2.71 bits per heavy atom. The fourth-order valence-corrected chi connectivity index (χ4v) is 4.37. The Balaban J connectivity index is 2.22. The van der Waals surface area contributed by atoms with Gasteiger partial charge in [0.15, 0.2) is 14.1 Å². The molecule has 0 aliphatic carbocycles. The average Bonchev–Trinajstić information content (AvgIpc) is 3.07. The van der Waals surface area contributed by atoms with Gasteiger partial charge in [-0.15, -0.1) is 6.58 Å². The van der Waals surface area contributed by atoms with Gasteiger partial charge in [-0.05, 0) is 40.7 Å². The second-order valence-corrected chi connectivity index (χ2v) is 15.4. The molecule has 10 heteroatoms. The molecule has 1 aromatic heterocycles. The summed E-state index contributed by atoms with van der Waals surface area (Å²) in [6.45, 7) is 15.6. The molecule has 1 aromatic rings. The minimum Gasteiger partial charge on any atom is -0.414 e. The van der Waals surface area contributed by atoms with E-state index in [-0.39, 0.29) is 17.2 Å². The maximum absolute atomic E-state index is 12.7. The van der Waals surface area contributed by atoms with Gasteiger partial charge in [0.1, 0.15) is 12.3 Å². The normalized spacial score (nSPS) is 22.3. The fraction of sp³-hybridized carbons (Fsp3) is 0.667. The Bertz CT molecular complexity index is 851. The van der Waals surface area contributed by atoms with Crippen molar-refractivity contribution in [2.75, 3.05) is 27.3 Å². The molecule has 1 saturated heterocycles. The van der Waals surface area contributed by atoms with Crippen LogP contribution >= 0.6 is 22.6 Å². The zero-order valence-electron chi connectivity index (χ0n) is 19.6. The van der Waals surface area contributed by atoms with Crippen molar-refractivity contribution >= 4 is 43.1 Å². The highest BCUT2D eigenvalue weighted by molar-refractivity contribution is 14.1. The maximum atomic E-state index is 12.7. The van der Waals surface area contributed by atoms with Gasteiger partial charge in [0.25, 0.3) is 0 Å². The van der Waals surface area contributed by atoms with Crippen LogP contribution in [0.15, 0.2) is 28.6 Å². The third-order valence-electron chi connectivity index (χ3n) is 5.63. The molecule has 174 valence electrons. The van der Waals surface area contributed by atoms with E-state index in [1.165, 1.54) is 4.57 Å². The van der Waals surface area contributed by atoms with E-state index in [9.17, 15) is 4.79 Å². The van der Waals surface area contributed by atoms with Crippen LogP contribution in [0.25, 0.3) is 0 Å². The molecule has 2 rings (SSSR count). The zero-order valence-corrected chi connectivity index (χ0v) is 22.7. The second-order valence-electron chi connectivity index (χ2n) is 9.41. The molecule has 0 amide bonds. The van der Waals surface area contributed by atoms with Gasteiger partial charge < -0.3 is 18.8 Å². The first-order chi connectivity index (χ1) is 14.4. The summed E-state index contributed by atoms with van der Waals surface area (Å²) >= 11 is 2.13. The van der Waals surface area contributed by atoms with Gasteiger partial charge in [0, 0.05) is 26.7 Å². The molecule has 0 radical (unpaired) electrons. The highest BCUT2D eigenvalue weighted by Crippen LogP contribution is 2.38. The summed E-state index contributed by atoms with van der Waals surface area (Å²) in [7, 11) is 1.78. The van der Waals surface area contributed by atoms with Crippen LogP contribution in [0.1, 0.15) is 33.4 Å². The Kier molecular flexibility index (Phi) is 9.02. The lowest BCUT2D eigenvalue weighted by atomic mass is 10.2. The van der Waals surface area contributed by atoms with Crippen LogP contribution in [-0.2, 0) is 13.9 Å². The van der Waals surface area contributed by atoms with Crippen LogP contribution < -0.4 is 5.69 Å². The minimum atomic E-state index is -1.94. The number of nitrogens with zero attached hydrogens (tertiary/aromatic N) is 4. The smallest absolute Gasteiger partial charge is 0.351 e. The zero-order chi connectivity index (χ0) is 23.4. The lowest BCUT2D eigenvalue weighted by Gasteiger charge is -2.37. The molecule has 0 aromatic carbocycles. The van der Waals surface area contributed by atoms with E-state index in [1.54, 1.807) is 23.5 Å². The number of halogens is 1. The molecule has 1 unspecified atom stereocenters. The van der Waals surface area contributed by atoms with Crippen LogP contribution in [0.5, 0.6) is 0 Å². The van der Waals surface area contributed by atoms with Crippen LogP contribution in [0, 0.1) is 3.57 Å². The highest BCUT2D eigenvalue weighted by Gasteiger charge is 2.42. The molecule has 31 heavy (non-hydrogen) atoms. The molecule has 8 nitrogen and oxygen atoms in total. The predicted molar refractivity (Wildman–Crippen MR) is 135 cm³/mol. The van der Waals surface area contributed by atoms with Gasteiger partial charge in [-0.3, -0.25) is 4.57 Å². The molecule has 1 aliphatic rings. The van der Waals surface area contributed by atoms with Crippen molar-refractivity contribution in [2.45, 2.75) is 63.8 Å². The van der Waals surface area contributed by atoms with Crippen molar-refractivity contribution in [1.29, 1.82) is 0 Å². The van der Waals surface area contributed by atoms with E-state index >= 15 is 0 Å². The molecular weight excluding hydrogens is 527 g/mol. The maximum Gasteiger partial charge on any atom is 0.351 e. The Morgan fingerprint density at radius 1 is 1.45 bits per heavy atom. The van der Waals surface area contributed by atoms with Crippen molar-refractivity contribution in [3.63, 3.8) is 0 Å². The van der Waals surface area contributed by atoms with Gasteiger partial charge in [-0.1, -0.05) is 26.8 Å². The lowest BCUT2D eigenvalue weighted by Crippen LogP contribution is -2.44. The van der Waals surface area contributed by atoms with Crippen molar-refractivity contribution in [3.05, 3.63) is 32.9 Å². The molecular formula is C21H35IN4O4Si. The van der Waals surface area contributed by atoms with Crippen LogP contribution in [0.3, 0.4) is 0 Å². The number of rotatable bonds is 9. The molecule has 0 saturated carbocycles. The Labute approximate surface area is 200 Å².